The molecule has 0 aliphatic carbocycles. The zero-order chi connectivity index (χ0) is 32.5. The monoisotopic (exact) mass is 622 g/mol. The number of carbonyl (C=O) groups is 1. The minimum atomic E-state index is -1.12. The lowest BCUT2D eigenvalue weighted by Gasteiger charge is -2.42. The van der Waals surface area contributed by atoms with Crippen molar-refractivity contribution in [1.29, 1.82) is 0 Å². The van der Waals surface area contributed by atoms with Gasteiger partial charge in [-0.15, -0.1) is 0 Å². The van der Waals surface area contributed by atoms with E-state index in [1.165, 1.54) is 0 Å². The number of hydrazone groups is 1. The molecule has 0 bridgehead atoms. The Morgan fingerprint density at radius 3 is 1.68 bits per heavy atom. The lowest BCUT2D eigenvalue weighted by molar-refractivity contribution is 0.0674. The fourth-order valence-corrected chi connectivity index (χ4v) is 6.97. The smallest absolute Gasteiger partial charge is 0.275 e. The van der Waals surface area contributed by atoms with Crippen molar-refractivity contribution in [2.75, 3.05) is 36.0 Å². The van der Waals surface area contributed by atoms with Gasteiger partial charge < -0.3 is 14.5 Å². The molecule has 3 aromatic carbocycles. The fraction of sp³-hybridized carbons (Fsp3) is 0.231. The molecule has 7 rings (SSSR count). The van der Waals surface area contributed by atoms with Crippen LogP contribution in [-0.4, -0.2) is 52.8 Å². The average Bonchev–Trinajstić information content (AvgIpc) is 3.36. The largest absolute Gasteiger partial charge is 0.456 e. The predicted octanol–water partition coefficient (Wildman–Crippen LogP) is 7.48. The summed E-state index contributed by atoms with van der Waals surface area (Å²) in [5.41, 5.74) is 5.88. The number of benzene rings is 3. The fourth-order valence-electron chi connectivity index (χ4n) is 6.97. The van der Waals surface area contributed by atoms with E-state index < -0.39 is 5.54 Å². The van der Waals surface area contributed by atoms with Gasteiger partial charge in [-0.05, 0) is 70.2 Å². The van der Waals surface area contributed by atoms with Crippen LogP contribution in [0.3, 0.4) is 0 Å². The van der Waals surface area contributed by atoms with Crippen LogP contribution < -0.4 is 14.5 Å². The normalized spacial score (nSPS) is 13.8. The van der Waals surface area contributed by atoms with E-state index in [9.17, 15) is 4.79 Å². The molecule has 0 atom stereocenters. The second-order valence-corrected chi connectivity index (χ2v) is 11.6. The highest BCUT2D eigenvalue weighted by molar-refractivity contribution is 6.12. The molecule has 2 aromatic heterocycles. The van der Waals surface area contributed by atoms with Crippen LogP contribution in [0.2, 0.25) is 0 Å². The van der Waals surface area contributed by atoms with E-state index >= 15 is 0 Å². The number of rotatable bonds is 9. The molecule has 5 aromatic rings. The van der Waals surface area contributed by atoms with Crippen LogP contribution in [0, 0.1) is 0 Å². The molecule has 2 aliphatic rings. The maximum atomic E-state index is 14.7. The van der Waals surface area contributed by atoms with Gasteiger partial charge in [0.05, 0.1) is 11.4 Å². The van der Waals surface area contributed by atoms with Crippen LogP contribution >= 0.6 is 0 Å². The minimum absolute atomic E-state index is 0.204. The molecule has 2 aliphatic heterocycles. The third kappa shape index (κ3) is 4.83. The highest BCUT2D eigenvalue weighted by atomic mass is 16.5. The number of nitrogens with zero attached hydrogens (tertiary/aromatic N) is 6. The van der Waals surface area contributed by atoms with Gasteiger partial charge in [0.2, 0.25) is 0 Å². The number of fused-ring (bicyclic) bond motifs is 6. The van der Waals surface area contributed by atoms with Gasteiger partial charge in [0.1, 0.15) is 22.7 Å². The van der Waals surface area contributed by atoms with Crippen molar-refractivity contribution in [1.82, 2.24) is 15.0 Å². The van der Waals surface area contributed by atoms with Crippen molar-refractivity contribution in [2.45, 2.75) is 33.2 Å². The number of aromatic nitrogens is 2. The Morgan fingerprint density at radius 2 is 1.19 bits per heavy atom. The van der Waals surface area contributed by atoms with E-state index in [1.54, 1.807) is 17.4 Å². The quantitative estimate of drug-likeness (QED) is 0.159. The van der Waals surface area contributed by atoms with E-state index in [4.69, 9.17) is 9.84 Å². The Labute approximate surface area is 276 Å². The second-order valence-electron chi connectivity index (χ2n) is 11.6. The maximum Gasteiger partial charge on any atom is 0.275 e. The summed E-state index contributed by atoms with van der Waals surface area (Å²) in [4.78, 5) is 28.6. The van der Waals surface area contributed by atoms with Gasteiger partial charge in [0, 0.05) is 84.3 Å². The van der Waals surface area contributed by atoms with Gasteiger partial charge in [0.15, 0.2) is 0 Å². The summed E-state index contributed by atoms with van der Waals surface area (Å²) >= 11 is 0. The third-order valence-corrected chi connectivity index (χ3v) is 9.26. The van der Waals surface area contributed by atoms with Crippen molar-refractivity contribution < 1.29 is 9.53 Å². The first-order valence-electron chi connectivity index (χ1n) is 16.4. The molecule has 0 saturated carbocycles. The third-order valence-electron chi connectivity index (χ3n) is 9.26. The summed E-state index contributed by atoms with van der Waals surface area (Å²) in [6, 6.07) is 31.8. The summed E-state index contributed by atoms with van der Waals surface area (Å²) in [7, 11) is 0. The van der Waals surface area contributed by atoms with Crippen LogP contribution in [0.4, 0.5) is 11.4 Å². The molecule has 8 heteroatoms. The molecule has 0 N–H and O–H groups in total. The number of hydrogen-bond acceptors (Lipinski definition) is 7. The summed E-state index contributed by atoms with van der Waals surface area (Å²) in [6.07, 6.45) is 3.46. The van der Waals surface area contributed by atoms with E-state index in [-0.39, 0.29) is 5.91 Å². The first kappa shape index (κ1) is 30.2. The van der Waals surface area contributed by atoms with Gasteiger partial charge in [0.25, 0.3) is 5.91 Å². The summed E-state index contributed by atoms with van der Waals surface area (Å²) < 4.78 is 6.83. The molecule has 0 radical (unpaired) electrons. The zero-order valence-electron chi connectivity index (χ0n) is 27.2. The van der Waals surface area contributed by atoms with E-state index in [1.807, 2.05) is 60.7 Å². The number of pyridine rings is 2. The lowest BCUT2D eigenvalue weighted by Crippen LogP contribution is -2.45. The standard InChI is InChI=1S/C39H38N6O2/c1-5-43(6-2)27-19-21-31-35(25-27)47-36-26-28(44(7-3)8-4)20-22-32(36)39(31)30-16-10-9-15-29(30)38(46)45(39)42-37(33-17-11-13-23-40-33)34-18-12-14-24-41-34/h9-26H,5-8H2,1-4H3. The van der Waals surface area contributed by atoms with Gasteiger partial charge in [-0.3, -0.25) is 14.8 Å². The van der Waals surface area contributed by atoms with Gasteiger partial charge in [-0.1, -0.05) is 42.5 Å². The van der Waals surface area contributed by atoms with Crippen molar-refractivity contribution in [3.63, 3.8) is 0 Å². The Hall–Kier alpha value is -5.50. The zero-order valence-corrected chi connectivity index (χ0v) is 27.2. The maximum absolute atomic E-state index is 14.7. The highest BCUT2D eigenvalue weighted by Crippen LogP contribution is 2.58. The molecular formula is C39H38N6O2. The Bertz CT molecular complexity index is 1850. The molecule has 4 heterocycles. The Morgan fingerprint density at radius 1 is 0.681 bits per heavy atom. The molecule has 8 nitrogen and oxygen atoms in total. The molecule has 47 heavy (non-hydrogen) atoms. The van der Waals surface area contributed by atoms with E-state index in [0.29, 0.717) is 34.2 Å². The van der Waals surface area contributed by atoms with Crippen molar-refractivity contribution in [3.8, 4) is 11.5 Å². The summed E-state index contributed by atoms with van der Waals surface area (Å²) in [5.74, 6) is 1.19. The van der Waals surface area contributed by atoms with Crippen molar-refractivity contribution in [3.05, 3.63) is 143 Å². The van der Waals surface area contributed by atoms with Crippen LogP contribution in [0.25, 0.3) is 0 Å². The van der Waals surface area contributed by atoms with Crippen LogP contribution in [0.1, 0.15) is 66.1 Å². The highest BCUT2D eigenvalue weighted by Gasteiger charge is 2.57. The SMILES string of the molecule is CCN(CC)c1ccc2c(c1)Oc1cc(N(CC)CC)ccc1C21c2ccccc2C(=O)N1N=C(c1ccccn1)c1ccccn1. The molecular weight excluding hydrogens is 584 g/mol. The number of carbonyl (C=O) groups excluding carboxylic acids is 1. The Kier molecular flexibility index (Phi) is 7.93. The molecule has 236 valence electrons. The summed E-state index contributed by atoms with van der Waals surface area (Å²) in [6.45, 7) is 12.0. The molecule has 0 fully saturated rings. The van der Waals surface area contributed by atoms with Crippen molar-refractivity contribution in [2.24, 2.45) is 5.10 Å². The predicted molar refractivity (Wildman–Crippen MR) is 187 cm³/mol. The molecule has 0 saturated heterocycles. The van der Waals surface area contributed by atoms with Gasteiger partial charge in [-0.2, -0.15) is 5.10 Å². The molecule has 1 spiro atoms. The second kappa shape index (κ2) is 12.4. The number of ether oxygens (including phenoxy) is 1. The van der Waals surface area contributed by atoms with Crippen LogP contribution in [-0.2, 0) is 5.54 Å². The molecule has 0 unspecified atom stereocenters. The average molecular weight is 623 g/mol. The number of hydrogen-bond donors (Lipinski definition) is 0. The Balaban J connectivity index is 1.56. The first-order valence-corrected chi connectivity index (χ1v) is 16.4. The molecule has 1 amide bonds. The van der Waals surface area contributed by atoms with Crippen LogP contribution in [0.5, 0.6) is 11.5 Å². The van der Waals surface area contributed by atoms with E-state index in [2.05, 4.69) is 83.9 Å². The van der Waals surface area contributed by atoms with Crippen LogP contribution in [0.15, 0.2) is 115 Å². The topological polar surface area (TPSA) is 74.2 Å². The number of anilines is 2. The number of amides is 1. The first-order chi connectivity index (χ1) is 23.0. The van der Waals surface area contributed by atoms with E-state index in [0.717, 1.165) is 54.2 Å². The van der Waals surface area contributed by atoms with Gasteiger partial charge in [-0.25, -0.2) is 5.01 Å². The summed E-state index contributed by atoms with van der Waals surface area (Å²) in [5, 5.41) is 6.91. The van der Waals surface area contributed by atoms with Gasteiger partial charge >= 0.3 is 0 Å². The minimum Gasteiger partial charge on any atom is -0.456 e. The lowest BCUT2D eigenvalue weighted by atomic mass is 9.75. The van der Waals surface area contributed by atoms with Crippen molar-refractivity contribution >= 4 is 23.0 Å².